The summed E-state index contributed by atoms with van der Waals surface area (Å²) < 4.78 is 4.81. The summed E-state index contributed by atoms with van der Waals surface area (Å²) in [6.07, 6.45) is 0.963. The fraction of sp³-hybridized carbons (Fsp3) is 0.300. The molecular weight excluding hydrogens is 288 g/mol. The van der Waals surface area contributed by atoms with Gasteiger partial charge in [-0.25, -0.2) is 0 Å². The average Bonchev–Trinajstić information content (AvgIpc) is 2.76. The van der Waals surface area contributed by atoms with Gasteiger partial charge in [0.15, 0.2) is 0 Å². The minimum Gasteiger partial charge on any atom is -0.359 e. The van der Waals surface area contributed by atoms with Gasteiger partial charge in [-0.1, -0.05) is 31.6 Å². The summed E-state index contributed by atoms with van der Waals surface area (Å²) in [4.78, 5) is 0. The molecule has 4 nitrogen and oxygen atoms in total. The van der Waals surface area contributed by atoms with Crippen molar-refractivity contribution < 1.29 is 0 Å². The standard InChI is InChI=1S/C10H11BrN4S/c1-7-2-3-9(11)6-8(7)4-5-12-10-13-14-15-16-10/h2-3,6H,4-5H2,1H3,(H,12,13,15). The molecule has 1 heterocycles. The molecule has 0 amide bonds. The second-order valence-electron chi connectivity index (χ2n) is 3.42. The van der Waals surface area contributed by atoms with Gasteiger partial charge < -0.3 is 5.32 Å². The molecule has 84 valence electrons. The van der Waals surface area contributed by atoms with Crippen LogP contribution in [0.4, 0.5) is 5.13 Å². The van der Waals surface area contributed by atoms with E-state index in [0.717, 1.165) is 22.6 Å². The molecule has 0 saturated heterocycles. The lowest BCUT2D eigenvalue weighted by Crippen LogP contribution is -2.05. The molecule has 0 unspecified atom stereocenters. The number of rotatable bonds is 4. The van der Waals surface area contributed by atoms with Crippen LogP contribution in [-0.4, -0.2) is 21.3 Å². The van der Waals surface area contributed by atoms with Crippen LogP contribution in [0.5, 0.6) is 0 Å². The van der Waals surface area contributed by atoms with E-state index in [1.807, 2.05) is 0 Å². The normalized spacial score (nSPS) is 10.4. The lowest BCUT2D eigenvalue weighted by Gasteiger charge is -2.06. The third-order valence-electron chi connectivity index (χ3n) is 2.28. The number of hydrogen-bond donors (Lipinski definition) is 1. The molecule has 0 fully saturated rings. The smallest absolute Gasteiger partial charge is 0.225 e. The van der Waals surface area contributed by atoms with Gasteiger partial charge in [-0.05, 0) is 41.8 Å². The molecule has 0 aliphatic carbocycles. The maximum absolute atomic E-state index is 3.82. The number of nitrogens with one attached hydrogen (secondary N) is 1. The van der Waals surface area contributed by atoms with Crippen LogP contribution in [0.25, 0.3) is 0 Å². The topological polar surface area (TPSA) is 50.7 Å². The quantitative estimate of drug-likeness (QED) is 0.943. The van der Waals surface area contributed by atoms with Gasteiger partial charge in [0.1, 0.15) is 0 Å². The lowest BCUT2D eigenvalue weighted by atomic mass is 10.1. The Morgan fingerprint density at radius 3 is 3.06 bits per heavy atom. The van der Waals surface area contributed by atoms with Gasteiger partial charge >= 0.3 is 0 Å². The molecule has 0 radical (unpaired) electrons. The molecule has 2 aromatic rings. The predicted molar refractivity (Wildman–Crippen MR) is 68.8 cm³/mol. The first kappa shape index (κ1) is 11.5. The SMILES string of the molecule is Cc1ccc(Br)cc1CCNc1nnns1. The summed E-state index contributed by atoms with van der Waals surface area (Å²) in [5.74, 6) is 0. The van der Waals surface area contributed by atoms with E-state index in [4.69, 9.17) is 0 Å². The van der Waals surface area contributed by atoms with Crippen LogP contribution in [0.2, 0.25) is 0 Å². The Bertz CT molecular complexity index is 458. The molecule has 1 aromatic heterocycles. The van der Waals surface area contributed by atoms with Crippen molar-refractivity contribution in [1.29, 1.82) is 0 Å². The molecular formula is C10H11BrN4S. The fourth-order valence-electron chi connectivity index (χ4n) is 1.42. The van der Waals surface area contributed by atoms with E-state index in [1.165, 1.54) is 22.7 Å². The van der Waals surface area contributed by atoms with Crippen molar-refractivity contribution in [2.45, 2.75) is 13.3 Å². The van der Waals surface area contributed by atoms with Crippen molar-refractivity contribution in [3.63, 3.8) is 0 Å². The third kappa shape index (κ3) is 2.99. The van der Waals surface area contributed by atoms with E-state index in [-0.39, 0.29) is 0 Å². The Morgan fingerprint density at radius 2 is 2.31 bits per heavy atom. The van der Waals surface area contributed by atoms with Crippen LogP contribution < -0.4 is 5.32 Å². The number of nitrogens with zero attached hydrogens (tertiary/aromatic N) is 3. The molecule has 0 spiro atoms. The number of aryl methyl sites for hydroxylation is 1. The van der Waals surface area contributed by atoms with Crippen molar-refractivity contribution >= 4 is 32.6 Å². The van der Waals surface area contributed by atoms with Crippen molar-refractivity contribution in [2.24, 2.45) is 0 Å². The van der Waals surface area contributed by atoms with E-state index in [1.54, 1.807) is 0 Å². The minimum atomic E-state index is 0.771. The Hall–Kier alpha value is -1.01. The van der Waals surface area contributed by atoms with Crippen molar-refractivity contribution in [2.75, 3.05) is 11.9 Å². The maximum Gasteiger partial charge on any atom is 0.225 e. The van der Waals surface area contributed by atoms with Gasteiger partial charge in [-0.2, -0.15) is 0 Å². The van der Waals surface area contributed by atoms with Crippen LogP contribution in [-0.2, 0) is 6.42 Å². The highest BCUT2D eigenvalue weighted by atomic mass is 79.9. The van der Waals surface area contributed by atoms with Crippen molar-refractivity contribution in [3.8, 4) is 0 Å². The highest BCUT2D eigenvalue weighted by Crippen LogP contribution is 2.16. The molecule has 0 saturated carbocycles. The first-order valence-corrected chi connectivity index (χ1v) is 6.46. The number of anilines is 1. The monoisotopic (exact) mass is 298 g/mol. The zero-order valence-electron chi connectivity index (χ0n) is 8.77. The van der Waals surface area contributed by atoms with Gasteiger partial charge in [-0.3, -0.25) is 0 Å². The van der Waals surface area contributed by atoms with E-state index < -0.39 is 0 Å². The van der Waals surface area contributed by atoms with Gasteiger partial charge in [0.25, 0.3) is 0 Å². The largest absolute Gasteiger partial charge is 0.359 e. The van der Waals surface area contributed by atoms with E-state index in [0.29, 0.717) is 0 Å². The van der Waals surface area contributed by atoms with E-state index >= 15 is 0 Å². The summed E-state index contributed by atoms with van der Waals surface area (Å²) in [6.45, 7) is 2.96. The summed E-state index contributed by atoms with van der Waals surface area (Å²) >= 11 is 4.75. The van der Waals surface area contributed by atoms with Crippen LogP contribution in [0.15, 0.2) is 22.7 Å². The molecule has 0 bridgehead atoms. The summed E-state index contributed by atoms with van der Waals surface area (Å²) in [5.41, 5.74) is 2.64. The summed E-state index contributed by atoms with van der Waals surface area (Å²) in [7, 11) is 0. The second-order valence-corrected chi connectivity index (χ2v) is 5.06. The first-order valence-electron chi connectivity index (χ1n) is 4.89. The molecule has 0 aliphatic rings. The van der Waals surface area contributed by atoms with Gasteiger partial charge in [0.05, 0.1) is 0 Å². The fourth-order valence-corrected chi connectivity index (χ4v) is 2.21. The van der Waals surface area contributed by atoms with E-state index in [2.05, 4.69) is 61.2 Å². The van der Waals surface area contributed by atoms with Crippen molar-refractivity contribution in [3.05, 3.63) is 33.8 Å². The average molecular weight is 299 g/mol. The summed E-state index contributed by atoms with van der Waals surface area (Å²) in [6, 6.07) is 6.32. The molecule has 0 atom stereocenters. The Balaban J connectivity index is 1.92. The minimum absolute atomic E-state index is 0.771. The summed E-state index contributed by atoms with van der Waals surface area (Å²) in [5, 5.41) is 11.3. The Kier molecular flexibility index (Phi) is 3.84. The molecule has 6 heteroatoms. The van der Waals surface area contributed by atoms with Crippen molar-refractivity contribution in [1.82, 2.24) is 14.8 Å². The van der Waals surface area contributed by atoms with Gasteiger partial charge in [-0.15, -0.1) is 0 Å². The molecule has 2 rings (SSSR count). The highest BCUT2D eigenvalue weighted by Gasteiger charge is 2.01. The van der Waals surface area contributed by atoms with Gasteiger partial charge in [0.2, 0.25) is 5.13 Å². The number of halogens is 1. The maximum atomic E-state index is 3.82. The lowest BCUT2D eigenvalue weighted by molar-refractivity contribution is 0.939. The first-order chi connectivity index (χ1) is 7.75. The Labute approximate surface area is 106 Å². The second kappa shape index (κ2) is 5.36. The molecule has 0 aliphatic heterocycles. The van der Waals surface area contributed by atoms with E-state index in [9.17, 15) is 0 Å². The van der Waals surface area contributed by atoms with Gasteiger partial charge in [0, 0.05) is 22.5 Å². The van der Waals surface area contributed by atoms with Crippen LogP contribution in [0.3, 0.4) is 0 Å². The van der Waals surface area contributed by atoms with Crippen LogP contribution in [0, 0.1) is 6.92 Å². The molecule has 1 N–H and O–H groups in total. The molecule has 16 heavy (non-hydrogen) atoms. The zero-order chi connectivity index (χ0) is 11.4. The Morgan fingerprint density at radius 1 is 1.44 bits per heavy atom. The third-order valence-corrected chi connectivity index (χ3v) is 3.33. The van der Waals surface area contributed by atoms with Crippen LogP contribution >= 0.6 is 27.5 Å². The molecule has 1 aromatic carbocycles. The highest BCUT2D eigenvalue weighted by molar-refractivity contribution is 9.10. The number of aromatic nitrogens is 3. The predicted octanol–water partition coefficient (Wildman–Crippen LogP) is 2.66. The number of hydrogen-bond acceptors (Lipinski definition) is 5. The number of benzene rings is 1. The van der Waals surface area contributed by atoms with Crippen LogP contribution in [0.1, 0.15) is 11.1 Å². The zero-order valence-corrected chi connectivity index (χ0v) is 11.2.